The van der Waals surface area contributed by atoms with E-state index < -0.39 is 0 Å². The molecule has 7 heteroatoms. The third-order valence-corrected chi connectivity index (χ3v) is 5.76. The summed E-state index contributed by atoms with van der Waals surface area (Å²) in [6, 6.07) is 5.05. The Bertz CT molecular complexity index is 770. The van der Waals surface area contributed by atoms with Crippen LogP contribution in [0.3, 0.4) is 0 Å². The summed E-state index contributed by atoms with van der Waals surface area (Å²) in [5, 5.41) is 0.891. The second-order valence-corrected chi connectivity index (χ2v) is 7.73. The first-order valence-electron chi connectivity index (χ1n) is 9.51. The topological polar surface area (TPSA) is 43.9 Å². The van der Waals surface area contributed by atoms with Gasteiger partial charge in [0.15, 0.2) is 0 Å². The zero-order chi connectivity index (χ0) is 19.6. The van der Waals surface area contributed by atoms with E-state index in [0.29, 0.717) is 33.4 Å². The normalized spacial score (nSPS) is 18.8. The highest BCUT2D eigenvalue weighted by Gasteiger charge is 2.42. The van der Waals surface area contributed by atoms with E-state index in [4.69, 9.17) is 23.2 Å². The fourth-order valence-corrected chi connectivity index (χ4v) is 4.10. The first-order valence-corrected chi connectivity index (χ1v) is 10.3. The molecule has 0 atom stereocenters. The fourth-order valence-electron chi connectivity index (χ4n) is 3.60. The second-order valence-electron chi connectivity index (χ2n) is 6.88. The number of piperazine rings is 1. The molecular formula is C20H25Cl2N3O2. The Hall–Kier alpha value is -1.56. The first-order chi connectivity index (χ1) is 13.0. The van der Waals surface area contributed by atoms with E-state index in [1.54, 1.807) is 18.2 Å². The molecule has 2 amide bonds. The zero-order valence-corrected chi connectivity index (χ0v) is 17.3. The SMILES string of the molecule is CCCCN1C(=O)C(c2ccc(Cl)cc2Cl)=C(N2CCN(CC)CC2)C1=O. The van der Waals surface area contributed by atoms with Gasteiger partial charge in [0, 0.05) is 43.3 Å². The van der Waals surface area contributed by atoms with Crippen LogP contribution in [0.4, 0.5) is 0 Å². The predicted molar refractivity (Wildman–Crippen MR) is 109 cm³/mol. The summed E-state index contributed by atoms with van der Waals surface area (Å²) in [6.45, 7) is 8.78. The lowest BCUT2D eigenvalue weighted by Gasteiger charge is -2.36. The monoisotopic (exact) mass is 409 g/mol. The maximum Gasteiger partial charge on any atom is 0.277 e. The standard InChI is InChI=1S/C20H25Cl2N3O2/c1-3-5-8-25-19(26)17(15-7-6-14(21)13-16(15)22)18(20(25)27)24-11-9-23(4-2)10-12-24/h6-7,13H,3-5,8-12H2,1-2H3. The predicted octanol–water partition coefficient (Wildman–Crippen LogP) is 3.51. The molecule has 0 saturated carbocycles. The molecule has 27 heavy (non-hydrogen) atoms. The Labute approximate surface area is 170 Å². The molecule has 1 fully saturated rings. The molecule has 0 N–H and O–H groups in total. The van der Waals surface area contributed by atoms with Crippen molar-refractivity contribution in [3.05, 3.63) is 39.5 Å². The number of amides is 2. The van der Waals surface area contributed by atoms with Crippen LogP contribution in [-0.2, 0) is 9.59 Å². The number of rotatable bonds is 6. The molecule has 2 aliphatic rings. The lowest BCUT2D eigenvalue weighted by molar-refractivity contribution is -0.137. The number of halogens is 2. The Morgan fingerprint density at radius 2 is 1.70 bits per heavy atom. The van der Waals surface area contributed by atoms with Crippen molar-refractivity contribution in [3.63, 3.8) is 0 Å². The van der Waals surface area contributed by atoms with Crippen LogP contribution >= 0.6 is 23.2 Å². The molecule has 0 aliphatic carbocycles. The molecule has 5 nitrogen and oxygen atoms in total. The summed E-state index contributed by atoms with van der Waals surface area (Å²) in [4.78, 5) is 32.1. The number of unbranched alkanes of at least 4 members (excludes halogenated alkanes) is 1. The van der Waals surface area contributed by atoms with Gasteiger partial charge in [0.25, 0.3) is 11.8 Å². The van der Waals surface area contributed by atoms with E-state index in [1.165, 1.54) is 4.90 Å². The van der Waals surface area contributed by atoms with Crippen LogP contribution in [-0.4, -0.2) is 65.8 Å². The number of likely N-dealkylation sites (N-methyl/N-ethyl adjacent to an activating group) is 1. The molecule has 2 heterocycles. The minimum atomic E-state index is -0.259. The molecule has 0 unspecified atom stereocenters. The third kappa shape index (κ3) is 4.00. The van der Waals surface area contributed by atoms with Gasteiger partial charge in [-0.05, 0) is 25.1 Å². The van der Waals surface area contributed by atoms with Crippen LogP contribution in [0, 0.1) is 0 Å². The molecule has 2 aliphatic heterocycles. The Morgan fingerprint density at radius 3 is 2.30 bits per heavy atom. The van der Waals surface area contributed by atoms with Crippen molar-refractivity contribution in [2.45, 2.75) is 26.7 Å². The largest absolute Gasteiger partial charge is 0.364 e. The van der Waals surface area contributed by atoms with E-state index >= 15 is 0 Å². The van der Waals surface area contributed by atoms with Crippen LogP contribution in [0.25, 0.3) is 5.57 Å². The zero-order valence-electron chi connectivity index (χ0n) is 15.8. The van der Waals surface area contributed by atoms with Crippen LogP contribution in [0.1, 0.15) is 32.3 Å². The van der Waals surface area contributed by atoms with Gasteiger partial charge in [0.2, 0.25) is 0 Å². The minimum absolute atomic E-state index is 0.209. The highest BCUT2D eigenvalue weighted by atomic mass is 35.5. The number of carbonyl (C=O) groups is 2. The van der Waals surface area contributed by atoms with Gasteiger partial charge in [-0.1, -0.05) is 49.5 Å². The van der Waals surface area contributed by atoms with Crippen molar-refractivity contribution in [3.8, 4) is 0 Å². The van der Waals surface area contributed by atoms with Gasteiger partial charge in [-0.25, -0.2) is 0 Å². The van der Waals surface area contributed by atoms with Crippen LogP contribution in [0.2, 0.25) is 10.0 Å². The van der Waals surface area contributed by atoms with Crippen molar-refractivity contribution < 1.29 is 9.59 Å². The smallest absolute Gasteiger partial charge is 0.277 e. The first kappa shape index (κ1) is 20.2. The Balaban J connectivity index is 2.02. The van der Waals surface area contributed by atoms with Crippen molar-refractivity contribution in [1.82, 2.24) is 14.7 Å². The molecule has 0 radical (unpaired) electrons. The summed E-state index contributed by atoms with van der Waals surface area (Å²) in [6.07, 6.45) is 1.70. The lowest BCUT2D eigenvalue weighted by Crippen LogP contribution is -2.47. The molecule has 0 spiro atoms. The van der Waals surface area contributed by atoms with Gasteiger partial charge in [-0.2, -0.15) is 0 Å². The second kappa shape index (κ2) is 8.63. The maximum atomic E-state index is 13.2. The molecule has 1 saturated heterocycles. The average molecular weight is 410 g/mol. The van der Waals surface area contributed by atoms with Gasteiger partial charge < -0.3 is 9.80 Å². The van der Waals surface area contributed by atoms with Crippen LogP contribution < -0.4 is 0 Å². The summed E-state index contributed by atoms with van der Waals surface area (Å²) >= 11 is 12.4. The Morgan fingerprint density at radius 1 is 1.00 bits per heavy atom. The third-order valence-electron chi connectivity index (χ3n) is 5.22. The molecule has 1 aromatic carbocycles. The van der Waals surface area contributed by atoms with E-state index in [9.17, 15) is 9.59 Å². The molecule has 0 bridgehead atoms. The van der Waals surface area contributed by atoms with Crippen molar-refractivity contribution in [2.75, 3.05) is 39.3 Å². The number of nitrogens with zero attached hydrogens (tertiary/aromatic N) is 3. The average Bonchev–Trinajstić information content (AvgIpc) is 2.90. The Kier molecular flexibility index (Phi) is 6.45. The number of hydrogen-bond acceptors (Lipinski definition) is 4. The minimum Gasteiger partial charge on any atom is -0.364 e. The summed E-state index contributed by atoms with van der Waals surface area (Å²) < 4.78 is 0. The van der Waals surface area contributed by atoms with Crippen LogP contribution in [0.15, 0.2) is 23.9 Å². The van der Waals surface area contributed by atoms with Gasteiger partial charge in [0.05, 0.1) is 10.6 Å². The molecule has 1 aromatic rings. The van der Waals surface area contributed by atoms with Gasteiger partial charge in [-0.3, -0.25) is 14.5 Å². The summed E-state index contributed by atoms with van der Waals surface area (Å²) in [5.74, 6) is -0.468. The maximum absolute atomic E-state index is 13.2. The number of hydrogen-bond donors (Lipinski definition) is 0. The van der Waals surface area contributed by atoms with Gasteiger partial charge >= 0.3 is 0 Å². The van der Waals surface area contributed by atoms with E-state index in [1.807, 2.05) is 11.8 Å². The van der Waals surface area contributed by atoms with Gasteiger partial charge in [0.1, 0.15) is 5.70 Å². The van der Waals surface area contributed by atoms with Crippen LogP contribution in [0.5, 0.6) is 0 Å². The molecular weight excluding hydrogens is 385 g/mol. The highest BCUT2D eigenvalue weighted by Crippen LogP contribution is 2.36. The van der Waals surface area contributed by atoms with Gasteiger partial charge in [-0.15, -0.1) is 0 Å². The van der Waals surface area contributed by atoms with E-state index in [-0.39, 0.29) is 11.8 Å². The summed E-state index contributed by atoms with van der Waals surface area (Å²) in [5.41, 5.74) is 1.46. The summed E-state index contributed by atoms with van der Waals surface area (Å²) in [7, 11) is 0. The van der Waals surface area contributed by atoms with Crippen molar-refractivity contribution >= 4 is 40.6 Å². The molecule has 0 aromatic heterocycles. The van der Waals surface area contributed by atoms with Crippen molar-refractivity contribution in [2.24, 2.45) is 0 Å². The number of imide groups is 1. The fraction of sp³-hybridized carbons (Fsp3) is 0.500. The number of carbonyl (C=O) groups excluding carboxylic acids is 2. The lowest BCUT2D eigenvalue weighted by atomic mass is 10.0. The van der Waals surface area contributed by atoms with Crippen molar-refractivity contribution in [1.29, 1.82) is 0 Å². The molecule has 146 valence electrons. The number of benzene rings is 1. The quantitative estimate of drug-likeness (QED) is 0.674. The van der Waals surface area contributed by atoms with E-state index in [2.05, 4.69) is 11.8 Å². The highest BCUT2D eigenvalue weighted by molar-refractivity contribution is 6.41. The van der Waals surface area contributed by atoms with E-state index in [0.717, 1.165) is 45.6 Å². The molecule has 3 rings (SSSR count).